The highest BCUT2D eigenvalue weighted by molar-refractivity contribution is 5.78. The van der Waals surface area contributed by atoms with Crippen LogP contribution in [0.3, 0.4) is 0 Å². The normalized spacial score (nSPS) is 18.1. The Morgan fingerprint density at radius 3 is 2.35 bits per heavy atom. The van der Waals surface area contributed by atoms with Gasteiger partial charge in [-0.25, -0.2) is 0 Å². The van der Waals surface area contributed by atoms with Gasteiger partial charge in [0.1, 0.15) is 17.5 Å². The molecule has 1 aliphatic rings. The molecule has 0 spiro atoms. The lowest BCUT2D eigenvalue weighted by Gasteiger charge is -2.37. The first kappa shape index (κ1) is 26.5. The molecule has 6 heteroatoms. The minimum atomic E-state index is -0.768. The van der Waals surface area contributed by atoms with Crippen molar-refractivity contribution in [2.75, 3.05) is 27.9 Å². The number of ether oxygens (including phenoxy) is 3. The minimum Gasteiger partial charge on any atom is -0.496 e. The van der Waals surface area contributed by atoms with Gasteiger partial charge in [-0.05, 0) is 66.3 Å². The molecule has 0 saturated carbocycles. The van der Waals surface area contributed by atoms with E-state index in [1.54, 1.807) is 14.2 Å². The molecule has 37 heavy (non-hydrogen) atoms. The number of methoxy groups -OCH3 is 3. The number of carbonyl (C=O) groups is 1. The number of hydrogen-bond acceptors (Lipinski definition) is 6. The van der Waals surface area contributed by atoms with Gasteiger partial charge in [-0.3, -0.25) is 9.69 Å². The average Bonchev–Trinajstić information content (AvgIpc) is 2.93. The van der Waals surface area contributed by atoms with Crippen molar-refractivity contribution >= 4 is 18.1 Å². The van der Waals surface area contributed by atoms with Crippen LogP contribution in [-0.4, -0.2) is 56.0 Å². The lowest BCUT2D eigenvalue weighted by Crippen LogP contribution is -2.52. The van der Waals surface area contributed by atoms with Crippen molar-refractivity contribution in [3.05, 3.63) is 82.9 Å². The maximum atomic E-state index is 12.4. The summed E-state index contributed by atoms with van der Waals surface area (Å²) in [5.41, 5.74) is 6.50. The maximum Gasteiger partial charge on any atom is 0.325 e. The zero-order valence-corrected chi connectivity index (χ0v) is 21.9. The summed E-state index contributed by atoms with van der Waals surface area (Å²) in [6.07, 6.45) is 4.74. The van der Waals surface area contributed by atoms with Crippen LogP contribution in [0.4, 0.5) is 0 Å². The number of rotatable bonds is 8. The summed E-state index contributed by atoms with van der Waals surface area (Å²) >= 11 is 0. The van der Waals surface area contributed by atoms with Crippen molar-refractivity contribution in [3.8, 4) is 22.6 Å². The van der Waals surface area contributed by atoms with E-state index in [0.29, 0.717) is 31.0 Å². The van der Waals surface area contributed by atoms with Gasteiger partial charge in [0, 0.05) is 6.54 Å². The molecule has 0 amide bonds. The summed E-state index contributed by atoms with van der Waals surface area (Å²) in [7, 11) is 4.60. The summed E-state index contributed by atoms with van der Waals surface area (Å²) in [4.78, 5) is 14.3. The molecule has 1 heterocycles. The second-order valence-electron chi connectivity index (χ2n) is 9.27. The number of carbonyl (C=O) groups excluding carboxylic acids is 1. The number of aliphatic hydroxyl groups excluding tert-OH is 1. The van der Waals surface area contributed by atoms with Crippen molar-refractivity contribution < 1.29 is 24.1 Å². The number of hydrogen-bond donors (Lipinski definition) is 1. The van der Waals surface area contributed by atoms with E-state index >= 15 is 0 Å². The van der Waals surface area contributed by atoms with Gasteiger partial charge in [-0.15, -0.1) is 0 Å². The third kappa shape index (κ3) is 5.87. The number of benzene rings is 3. The first-order valence-corrected chi connectivity index (χ1v) is 12.5. The van der Waals surface area contributed by atoms with Gasteiger partial charge in [-0.2, -0.15) is 0 Å². The molecule has 0 aliphatic carbocycles. The molecule has 3 aromatic rings. The highest BCUT2D eigenvalue weighted by atomic mass is 16.5. The second kappa shape index (κ2) is 12.1. The van der Waals surface area contributed by atoms with Crippen LogP contribution in [0.25, 0.3) is 23.3 Å². The Balaban J connectivity index is 1.63. The number of nitrogens with zero attached hydrogens (tertiary/aromatic N) is 1. The van der Waals surface area contributed by atoms with Gasteiger partial charge in [0.2, 0.25) is 0 Å². The first-order valence-electron chi connectivity index (χ1n) is 12.5. The van der Waals surface area contributed by atoms with E-state index < -0.39 is 18.1 Å². The van der Waals surface area contributed by atoms with Crippen LogP contribution in [0.5, 0.6) is 11.5 Å². The van der Waals surface area contributed by atoms with Gasteiger partial charge in [0.25, 0.3) is 0 Å². The lowest BCUT2D eigenvalue weighted by atomic mass is 9.95. The maximum absolute atomic E-state index is 12.4. The fraction of sp³-hybridized carbons (Fsp3) is 0.323. The summed E-state index contributed by atoms with van der Waals surface area (Å²) in [5.74, 6) is 0.896. The molecule has 1 aliphatic heterocycles. The van der Waals surface area contributed by atoms with Crippen LogP contribution in [-0.2, 0) is 16.1 Å². The Morgan fingerprint density at radius 2 is 1.70 bits per heavy atom. The van der Waals surface area contributed by atoms with E-state index in [1.165, 1.54) is 23.8 Å². The summed E-state index contributed by atoms with van der Waals surface area (Å²) in [5, 5.41) is 10.5. The fourth-order valence-electron chi connectivity index (χ4n) is 5.06. The number of aliphatic hydroxyl groups is 1. The number of piperidine rings is 1. The molecule has 6 nitrogen and oxygen atoms in total. The molecule has 0 radical (unpaired) electrons. The zero-order valence-electron chi connectivity index (χ0n) is 21.9. The minimum absolute atomic E-state index is 0.394. The molecular weight excluding hydrogens is 466 g/mol. The molecule has 1 saturated heterocycles. The van der Waals surface area contributed by atoms with Crippen LogP contribution in [0.2, 0.25) is 0 Å². The van der Waals surface area contributed by atoms with Crippen molar-refractivity contribution in [3.63, 3.8) is 0 Å². The van der Waals surface area contributed by atoms with E-state index in [0.717, 1.165) is 23.1 Å². The first-order chi connectivity index (χ1) is 18.0. The standard InChI is InChI=1S/C31H35NO5/c1-21-23(12-8-13-25(21)24-10-6-5-7-11-24)16-15-22-18-28(35-2)26(29(19-22)36-3)20-32-17-9-14-27(33)30(32)31(34)37-4/h5-8,10-13,15-16,18-19,27,30,33H,9,14,17,20H2,1-4H3/b16-15+. The topological polar surface area (TPSA) is 68.2 Å². The Kier molecular flexibility index (Phi) is 8.64. The smallest absolute Gasteiger partial charge is 0.325 e. The lowest BCUT2D eigenvalue weighted by molar-refractivity contribution is -0.154. The van der Waals surface area contributed by atoms with Crippen molar-refractivity contribution in [2.24, 2.45) is 0 Å². The Morgan fingerprint density at radius 1 is 1.00 bits per heavy atom. The van der Waals surface area contributed by atoms with Gasteiger partial charge in [-0.1, -0.05) is 60.7 Å². The SMILES string of the molecule is COC(=O)C1C(O)CCCN1Cc1c(OC)cc(/C=C/c2cccc(-c3ccccc3)c2C)cc1OC. The van der Waals surface area contributed by atoms with Gasteiger partial charge >= 0.3 is 5.97 Å². The molecule has 1 fully saturated rings. The largest absolute Gasteiger partial charge is 0.496 e. The third-order valence-electron chi connectivity index (χ3n) is 7.05. The molecule has 3 aromatic carbocycles. The number of likely N-dealkylation sites (tertiary alicyclic amines) is 1. The van der Waals surface area contributed by atoms with E-state index in [4.69, 9.17) is 14.2 Å². The van der Waals surface area contributed by atoms with E-state index in [1.807, 2.05) is 29.2 Å². The van der Waals surface area contributed by atoms with Crippen molar-refractivity contribution in [1.29, 1.82) is 0 Å². The second-order valence-corrected chi connectivity index (χ2v) is 9.27. The molecular formula is C31H35NO5. The van der Waals surface area contributed by atoms with Crippen LogP contribution < -0.4 is 9.47 Å². The van der Waals surface area contributed by atoms with Gasteiger partial charge in [0.15, 0.2) is 0 Å². The molecule has 1 N–H and O–H groups in total. The van der Waals surface area contributed by atoms with Crippen LogP contribution in [0.1, 0.15) is 35.1 Å². The monoisotopic (exact) mass is 501 g/mol. The fourth-order valence-corrected chi connectivity index (χ4v) is 5.06. The Labute approximate surface area is 219 Å². The van der Waals surface area contributed by atoms with Crippen LogP contribution in [0.15, 0.2) is 60.7 Å². The van der Waals surface area contributed by atoms with Crippen molar-refractivity contribution in [2.45, 2.75) is 38.5 Å². The average molecular weight is 502 g/mol. The van der Waals surface area contributed by atoms with E-state index in [2.05, 4.69) is 55.5 Å². The molecule has 2 unspecified atom stereocenters. The predicted molar refractivity (Wildman–Crippen MR) is 147 cm³/mol. The summed E-state index contributed by atoms with van der Waals surface area (Å²) < 4.78 is 16.5. The quantitative estimate of drug-likeness (QED) is 0.332. The summed E-state index contributed by atoms with van der Waals surface area (Å²) in [6, 6.07) is 19.9. The van der Waals surface area contributed by atoms with Gasteiger partial charge in [0.05, 0.1) is 33.0 Å². The van der Waals surface area contributed by atoms with Crippen molar-refractivity contribution in [1.82, 2.24) is 4.90 Å². The highest BCUT2D eigenvalue weighted by Crippen LogP contribution is 2.35. The van der Waals surface area contributed by atoms with Crippen LogP contribution in [0, 0.1) is 6.92 Å². The molecule has 194 valence electrons. The predicted octanol–water partition coefficient (Wildman–Crippen LogP) is 5.35. The Bertz CT molecular complexity index is 1230. The zero-order chi connectivity index (χ0) is 26.4. The number of esters is 1. The highest BCUT2D eigenvalue weighted by Gasteiger charge is 2.37. The van der Waals surface area contributed by atoms with E-state index in [9.17, 15) is 9.90 Å². The van der Waals surface area contributed by atoms with E-state index in [-0.39, 0.29) is 0 Å². The molecule has 2 atom stereocenters. The Hall–Kier alpha value is -3.61. The van der Waals surface area contributed by atoms with Crippen LogP contribution >= 0.6 is 0 Å². The molecule has 0 bridgehead atoms. The summed E-state index contributed by atoms with van der Waals surface area (Å²) in [6.45, 7) is 3.20. The molecule has 0 aromatic heterocycles. The third-order valence-corrected chi connectivity index (χ3v) is 7.05. The van der Waals surface area contributed by atoms with Gasteiger partial charge < -0.3 is 19.3 Å². The molecule has 4 rings (SSSR count).